The highest BCUT2D eigenvalue weighted by molar-refractivity contribution is 5.69. The summed E-state index contributed by atoms with van der Waals surface area (Å²) in [5.41, 5.74) is 0. The first-order valence-electron chi connectivity index (χ1n) is 5.03. The summed E-state index contributed by atoms with van der Waals surface area (Å²) in [4.78, 5) is 13.1. The molecule has 0 radical (unpaired) electrons. The van der Waals surface area contributed by atoms with Crippen LogP contribution in [0, 0.1) is 0 Å². The number of nitrogens with zero attached hydrogens (tertiary/aromatic N) is 1. The van der Waals surface area contributed by atoms with Crippen LogP contribution in [0.4, 0.5) is 0 Å². The first-order chi connectivity index (χ1) is 6.65. The van der Waals surface area contributed by atoms with Gasteiger partial charge in [0.1, 0.15) is 0 Å². The van der Waals surface area contributed by atoms with Crippen molar-refractivity contribution < 1.29 is 14.3 Å². The zero-order valence-electron chi connectivity index (χ0n) is 9.16. The maximum absolute atomic E-state index is 10.9. The molecule has 1 fully saturated rings. The van der Waals surface area contributed by atoms with Crippen LogP contribution in [0.25, 0.3) is 0 Å². The van der Waals surface area contributed by atoms with Crippen molar-refractivity contribution in [2.45, 2.75) is 31.9 Å². The molecular formula is C10H19NO3. The number of hydrogen-bond donors (Lipinski definition) is 0. The highest BCUT2D eigenvalue weighted by Gasteiger charge is 2.27. The molecule has 1 saturated heterocycles. The van der Waals surface area contributed by atoms with E-state index >= 15 is 0 Å². The van der Waals surface area contributed by atoms with Crippen LogP contribution in [0.3, 0.4) is 0 Å². The topological polar surface area (TPSA) is 38.8 Å². The van der Waals surface area contributed by atoms with Crippen molar-refractivity contribution in [1.82, 2.24) is 4.90 Å². The Morgan fingerprint density at radius 2 is 2.36 bits per heavy atom. The van der Waals surface area contributed by atoms with Crippen LogP contribution in [-0.2, 0) is 14.3 Å². The average molecular weight is 201 g/mol. The van der Waals surface area contributed by atoms with Crippen LogP contribution in [0.2, 0.25) is 0 Å². The van der Waals surface area contributed by atoms with Crippen LogP contribution >= 0.6 is 0 Å². The van der Waals surface area contributed by atoms with Gasteiger partial charge >= 0.3 is 5.97 Å². The maximum Gasteiger partial charge on any atom is 0.306 e. The lowest BCUT2D eigenvalue weighted by atomic mass is 10.1. The molecule has 0 saturated carbocycles. The van der Waals surface area contributed by atoms with Gasteiger partial charge in [-0.2, -0.15) is 0 Å². The van der Waals surface area contributed by atoms with E-state index < -0.39 is 0 Å². The zero-order valence-corrected chi connectivity index (χ0v) is 9.16. The minimum Gasteiger partial charge on any atom is -0.469 e. The second-order valence-corrected chi connectivity index (χ2v) is 3.74. The predicted molar refractivity (Wildman–Crippen MR) is 53.1 cm³/mol. The van der Waals surface area contributed by atoms with Gasteiger partial charge in [-0.25, -0.2) is 0 Å². The van der Waals surface area contributed by atoms with Crippen LogP contribution in [0.15, 0.2) is 0 Å². The van der Waals surface area contributed by atoms with Gasteiger partial charge in [-0.1, -0.05) is 0 Å². The fourth-order valence-electron chi connectivity index (χ4n) is 1.83. The molecule has 4 nitrogen and oxygen atoms in total. The summed E-state index contributed by atoms with van der Waals surface area (Å²) >= 11 is 0. The molecule has 1 rings (SSSR count). The quantitative estimate of drug-likeness (QED) is 0.626. The summed E-state index contributed by atoms with van der Waals surface area (Å²) in [7, 11) is 3.45. The second-order valence-electron chi connectivity index (χ2n) is 3.74. The first-order valence-corrected chi connectivity index (χ1v) is 5.03. The van der Waals surface area contributed by atoms with Gasteiger partial charge < -0.3 is 14.4 Å². The molecule has 2 unspecified atom stereocenters. The number of carbonyl (C=O) groups is 1. The molecule has 0 bridgehead atoms. The van der Waals surface area contributed by atoms with Crippen LogP contribution in [-0.4, -0.2) is 50.3 Å². The van der Waals surface area contributed by atoms with Crippen molar-refractivity contribution in [2.24, 2.45) is 0 Å². The second kappa shape index (κ2) is 5.32. The molecule has 1 heterocycles. The minimum atomic E-state index is -0.150. The third-order valence-corrected chi connectivity index (χ3v) is 2.80. The van der Waals surface area contributed by atoms with Crippen LogP contribution in [0.5, 0.6) is 0 Å². The number of hydrogen-bond acceptors (Lipinski definition) is 4. The van der Waals surface area contributed by atoms with Gasteiger partial charge in [0.15, 0.2) is 0 Å². The molecule has 14 heavy (non-hydrogen) atoms. The molecule has 0 aromatic heterocycles. The summed E-state index contributed by atoms with van der Waals surface area (Å²) in [6.45, 7) is 3.64. The van der Waals surface area contributed by atoms with Gasteiger partial charge in [0.05, 0.1) is 19.6 Å². The third kappa shape index (κ3) is 2.96. The van der Waals surface area contributed by atoms with Gasteiger partial charge in [-0.05, 0) is 20.4 Å². The summed E-state index contributed by atoms with van der Waals surface area (Å²) < 4.78 is 10.1. The molecule has 0 N–H and O–H groups in total. The molecular weight excluding hydrogens is 182 g/mol. The molecule has 82 valence electrons. The van der Waals surface area contributed by atoms with Gasteiger partial charge in [0, 0.05) is 19.2 Å². The van der Waals surface area contributed by atoms with Crippen LogP contribution < -0.4 is 0 Å². The summed E-state index contributed by atoms with van der Waals surface area (Å²) in [6, 6.07) is 0.444. The van der Waals surface area contributed by atoms with Crippen molar-refractivity contribution in [2.75, 3.05) is 27.3 Å². The van der Waals surface area contributed by atoms with Crippen molar-refractivity contribution in [3.05, 3.63) is 0 Å². The number of carbonyl (C=O) groups excluding carboxylic acids is 1. The molecule has 0 aliphatic carbocycles. The standard InChI is InChI=1S/C10H19NO3/c1-8-9(5-7-14-8)11(2)6-4-10(12)13-3/h8-9H,4-7H2,1-3H3. The van der Waals surface area contributed by atoms with E-state index in [9.17, 15) is 4.79 Å². The predicted octanol–water partition coefficient (Wildman–Crippen LogP) is 0.659. The molecule has 1 aliphatic rings. The Morgan fingerprint density at radius 1 is 1.64 bits per heavy atom. The fourth-order valence-corrected chi connectivity index (χ4v) is 1.83. The van der Waals surface area contributed by atoms with E-state index in [0.717, 1.165) is 19.6 Å². The van der Waals surface area contributed by atoms with Crippen molar-refractivity contribution in [1.29, 1.82) is 0 Å². The number of likely N-dealkylation sites (N-methyl/N-ethyl adjacent to an activating group) is 1. The molecule has 4 heteroatoms. The van der Waals surface area contributed by atoms with Gasteiger partial charge in [0.25, 0.3) is 0 Å². The Hall–Kier alpha value is -0.610. The summed E-state index contributed by atoms with van der Waals surface area (Å²) in [5.74, 6) is -0.150. The Balaban J connectivity index is 2.27. The maximum atomic E-state index is 10.9. The Kier molecular flexibility index (Phi) is 4.35. The highest BCUT2D eigenvalue weighted by Crippen LogP contribution is 2.18. The monoisotopic (exact) mass is 201 g/mol. The minimum absolute atomic E-state index is 0.150. The van der Waals surface area contributed by atoms with E-state index in [1.165, 1.54) is 7.11 Å². The number of ether oxygens (including phenoxy) is 2. The van der Waals surface area contributed by atoms with E-state index in [1.54, 1.807) is 0 Å². The van der Waals surface area contributed by atoms with Gasteiger partial charge in [-0.3, -0.25) is 4.79 Å². The van der Waals surface area contributed by atoms with Crippen molar-refractivity contribution in [3.8, 4) is 0 Å². The number of methoxy groups -OCH3 is 1. The smallest absolute Gasteiger partial charge is 0.306 e. The summed E-state index contributed by atoms with van der Waals surface area (Å²) in [5, 5.41) is 0. The lowest BCUT2D eigenvalue weighted by Crippen LogP contribution is -2.38. The fraction of sp³-hybridized carbons (Fsp3) is 0.900. The molecule has 0 aromatic rings. The van der Waals surface area contributed by atoms with E-state index in [-0.39, 0.29) is 12.1 Å². The van der Waals surface area contributed by atoms with E-state index in [2.05, 4.69) is 16.6 Å². The lowest BCUT2D eigenvalue weighted by molar-refractivity contribution is -0.141. The lowest BCUT2D eigenvalue weighted by Gasteiger charge is -2.25. The van der Waals surface area contributed by atoms with Gasteiger partial charge in [-0.15, -0.1) is 0 Å². The first kappa shape index (κ1) is 11.5. The molecule has 0 aromatic carbocycles. The average Bonchev–Trinajstić information content (AvgIpc) is 2.60. The van der Waals surface area contributed by atoms with Crippen molar-refractivity contribution >= 4 is 5.97 Å². The Bertz CT molecular complexity index is 196. The third-order valence-electron chi connectivity index (χ3n) is 2.80. The largest absolute Gasteiger partial charge is 0.469 e. The number of rotatable bonds is 4. The Morgan fingerprint density at radius 3 is 2.86 bits per heavy atom. The number of esters is 1. The molecule has 1 aliphatic heterocycles. The molecule has 2 atom stereocenters. The highest BCUT2D eigenvalue weighted by atomic mass is 16.5. The zero-order chi connectivity index (χ0) is 10.6. The molecule has 0 amide bonds. The normalized spacial score (nSPS) is 26.9. The SMILES string of the molecule is COC(=O)CCN(C)C1CCOC1C. The van der Waals surface area contributed by atoms with E-state index in [0.29, 0.717) is 12.5 Å². The van der Waals surface area contributed by atoms with Gasteiger partial charge in [0.2, 0.25) is 0 Å². The van der Waals surface area contributed by atoms with Crippen molar-refractivity contribution in [3.63, 3.8) is 0 Å². The van der Waals surface area contributed by atoms with E-state index in [1.807, 2.05) is 7.05 Å². The van der Waals surface area contributed by atoms with E-state index in [4.69, 9.17) is 4.74 Å². The Labute approximate surface area is 85.2 Å². The van der Waals surface area contributed by atoms with Crippen LogP contribution in [0.1, 0.15) is 19.8 Å². The molecule has 0 spiro atoms. The summed E-state index contributed by atoms with van der Waals surface area (Å²) in [6.07, 6.45) is 1.78.